The highest BCUT2D eigenvalue weighted by atomic mass is 35.5. The van der Waals surface area contributed by atoms with Crippen LogP contribution in [0.3, 0.4) is 0 Å². The number of rotatable bonds is 3. The smallest absolute Gasteiger partial charge is 0.224 e. The van der Waals surface area contributed by atoms with Gasteiger partial charge in [0.1, 0.15) is 11.6 Å². The summed E-state index contributed by atoms with van der Waals surface area (Å²) in [5.74, 6) is 1.43. The van der Waals surface area contributed by atoms with Crippen LogP contribution in [0.2, 0.25) is 5.28 Å². The molecule has 0 spiro atoms. The zero-order chi connectivity index (χ0) is 15.0. The van der Waals surface area contributed by atoms with Crippen LogP contribution in [0.15, 0.2) is 30.5 Å². The number of aromatic nitrogens is 4. The van der Waals surface area contributed by atoms with Gasteiger partial charge in [0, 0.05) is 31.4 Å². The van der Waals surface area contributed by atoms with Crippen LogP contribution >= 0.6 is 11.6 Å². The molecule has 3 rings (SSSR count). The molecule has 5 nitrogen and oxygen atoms in total. The van der Waals surface area contributed by atoms with E-state index in [0.717, 1.165) is 29.0 Å². The van der Waals surface area contributed by atoms with Gasteiger partial charge in [-0.05, 0) is 36.2 Å². The summed E-state index contributed by atoms with van der Waals surface area (Å²) >= 11 is 5.93. The Labute approximate surface area is 128 Å². The van der Waals surface area contributed by atoms with Crippen molar-refractivity contribution in [2.75, 3.05) is 4.90 Å². The molecule has 0 aromatic carbocycles. The molecular formula is C15H14ClN5. The van der Waals surface area contributed by atoms with Crippen LogP contribution < -0.4 is 4.90 Å². The Kier molecular flexibility index (Phi) is 3.51. The largest absolute Gasteiger partial charge is 0.353 e. The van der Waals surface area contributed by atoms with E-state index < -0.39 is 0 Å². The first-order valence-corrected chi connectivity index (χ1v) is 6.89. The van der Waals surface area contributed by atoms with Crippen molar-refractivity contribution < 1.29 is 0 Å². The van der Waals surface area contributed by atoms with Crippen molar-refractivity contribution in [3.05, 3.63) is 55.5 Å². The number of fused-ring (bicyclic) bond motifs is 1. The van der Waals surface area contributed by atoms with E-state index in [1.54, 1.807) is 6.20 Å². The van der Waals surface area contributed by atoms with Crippen LogP contribution in [0.5, 0.6) is 0 Å². The molecule has 3 aromatic heterocycles. The normalized spacial score (nSPS) is 11.0. The SMILES string of the molecule is [CH2]N([CH2])c1cccc(-n2c(CC)cc3cnc(Cl)nc32)n1. The molecule has 0 aliphatic rings. The van der Waals surface area contributed by atoms with Gasteiger partial charge in [-0.2, -0.15) is 4.98 Å². The number of hydrogen-bond donors (Lipinski definition) is 0. The molecule has 0 saturated carbocycles. The lowest BCUT2D eigenvalue weighted by atomic mass is 10.3. The van der Waals surface area contributed by atoms with Gasteiger partial charge in [0.15, 0.2) is 5.65 Å². The molecular weight excluding hydrogens is 286 g/mol. The maximum atomic E-state index is 5.93. The van der Waals surface area contributed by atoms with E-state index in [9.17, 15) is 0 Å². The molecule has 2 radical (unpaired) electrons. The van der Waals surface area contributed by atoms with Crippen molar-refractivity contribution in [3.63, 3.8) is 0 Å². The minimum atomic E-state index is 0.219. The molecule has 3 heterocycles. The van der Waals surface area contributed by atoms with Crippen LogP contribution in [-0.2, 0) is 6.42 Å². The zero-order valence-electron chi connectivity index (χ0n) is 11.6. The summed E-state index contributed by atoms with van der Waals surface area (Å²) in [5.41, 5.74) is 1.84. The third-order valence-corrected chi connectivity index (χ3v) is 3.40. The molecule has 0 bridgehead atoms. The van der Waals surface area contributed by atoms with Crippen molar-refractivity contribution >= 4 is 28.5 Å². The molecule has 0 unspecified atom stereocenters. The number of hydrogen-bond acceptors (Lipinski definition) is 4. The number of aryl methyl sites for hydroxylation is 1. The summed E-state index contributed by atoms with van der Waals surface area (Å²) < 4.78 is 1.98. The molecule has 0 atom stereocenters. The number of halogens is 1. The van der Waals surface area contributed by atoms with E-state index >= 15 is 0 Å². The Morgan fingerprint density at radius 2 is 2.10 bits per heavy atom. The predicted octanol–water partition coefficient (Wildman–Crippen LogP) is 3.42. The topological polar surface area (TPSA) is 46.8 Å². The fourth-order valence-electron chi connectivity index (χ4n) is 2.25. The van der Waals surface area contributed by atoms with Crippen molar-refractivity contribution in [1.29, 1.82) is 0 Å². The number of nitrogens with zero attached hydrogens (tertiary/aromatic N) is 5. The van der Waals surface area contributed by atoms with E-state index in [4.69, 9.17) is 11.6 Å². The molecule has 3 aromatic rings. The molecule has 0 amide bonds. The highest BCUT2D eigenvalue weighted by Gasteiger charge is 2.13. The summed E-state index contributed by atoms with van der Waals surface area (Å²) in [6, 6.07) is 7.73. The maximum absolute atomic E-state index is 5.93. The van der Waals surface area contributed by atoms with Gasteiger partial charge >= 0.3 is 0 Å². The van der Waals surface area contributed by atoms with Crippen LogP contribution in [0.25, 0.3) is 16.9 Å². The lowest BCUT2D eigenvalue weighted by Gasteiger charge is -2.13. The molecule has 6 heteroatoms. The Morgan fingerprint density at radius 3 is 2.81 bits per heavy atom. The summed E-state index contributed by atoms with van der Waals surface area (Å²) in [4.78, 5) is 14.4. The number of anilines is 1. The molecule has 106 valence electrons. The van der Waals surface area contributed by atoms with E-state index in [-0.39, 0.29) is 5.28 Å². The van der Waals surface area contributed by atoms with Gasteiger partial charge in [-0.1, -0.05) is 13.0 Å². The second kappa shape index (κ2) is 5.33. The Bertz CT molecular complexity index is 794. The van der Waals surface area contributed by atoms with Gasteiger partial charge in [0.05, 0.1) is 0 Å². The van der Waals surface area contributed by atoms with Crippen LogP contribution in [0, 0.1) is 14.1 Å². The molecule has 0 aliphatic carbocycles. The molecule has 0 aliphatic heterocycles. The quantitative estimate of drug-likeness (QED) is 0.695. The lowest BCUT2D eigenvalue weighted by Crippen LogP contribution is -2.08. The van der Waals surface area contributed by atoms with Crippen LogP contribution in [0.4, 0.5) is 5.82 Å². The Morgan fingerprint density at radius 1 is 1.29 bits per heavy atom. The predicted molar refractivity (Wildman–Crippen MR) is 84.2 cm³/mol. The summed E-state index contributed by atoms with van der Waals surface area (Å²) in [6.45, 7) is 2.08. The van der Waals surface area contributed by atoms with E-state index in [2.05, 4.69) is 36.0 Å². The lowest BCUT2D eigenvalue weighted by molar-refractivity contribution is 0.913. The monoisotopic (exact) mass is 299 g/mol. The Hall–Kier alpha value is -2.14. The van der Waals surface area contributed by atoms with E-state index in [1.807, 2.05) is 28.8 Å². The average molecular weight is 300 g/mol. The Balaban J connectivity index is 2.27. The van der Waals surface area contributed by atoms with Crippen LogP contribution in [-0.4, -0.2) is 19.5 Å². The fraction of sp³-hybridized carbons (Fsp3) is 0.133. The molecule has 0 fully saturated rings. The van der Waals surface area contributed by atoms with Crippen molar-refractivity contribution in [3.8, 4) is 5.82 Å². The molecule has 21 heavy (non-hydrogen) atoms. The second-order valence-electron chi connectivity index (χ2n) is 4.64. The standard InChI is InChI=1S/C15H14ClN5/c1-4-11-8-10-9-17-15(16)19-14(10)21(11)13-7-5-6-12(18-13)20(2)3/h5-9H,2-4H2,1H3. The minimum Gasteiger partial charge on any atom is -0.353 e. The molecule has 0 saturated heterocycles. The van der Waals surface area contributed by atoms with Gasteiger partial charge in [0.25, 0.3) is 0 Å². The highest BCUT2D eigenvalue weighted by Crippen LogP contribution is 2.24. The zero-order valence-corrected chi connectivity index (χ0v) is 12.4. The van der Waals surface area contributed by atoms with Crippen molar-refractivity contribution in [2.45, 2.75) is 13.3 Å². The summed E-state index contributed by atoms with van der Waals surface area (Å²) in [6.07, 6.45) is 2.57. The maximum Gasteiger partial charge on any atom is 0.224 e. The first-order valence-electron chi connectivity index (χ1n) is 6.51. The van der Waals surface area contributed by atoms with E-state index in [0.29, 0.717) is 5.82 Å². The van der Waals surface area contributed by atoms with E-state index in [1.165, 1.54) is 4.90 Å². The third kappa shape index (κ3) is 2.45. The average Bonchev–Trinajstić information content (AvgIpc) is 2.85. The van der Waals surface area contributed by atoms with Crippen LogP contribution in [0.1, 0.15) is 12.6 Å². The molecule has 0 N–H and O–H groups in total. The minimum absolute atomic E-state index is 0.219. The van der Waals surface area contributed by atoms with Gasteiger partial charge < -0.3 is 4.90 Å². The van der Waals surface area contributed by atoms with Gasteiger partial charge in [-0.15, -0.1) is 0 Å². The summed E-state index contributed by atoms with van der Waals surface area (Å²) in [7, 11) is 7.51. The van der Waals surface area contributed by atoms with Crippen molar-refractivity contribution in [1.82, 2.24) is 19.5 Å². The fourth-order valence-corrected chi connectivity index (χ4v) is 2.38. The third-order valence-electron chi connectivity index (χ3n) is 3.22. The summed E-state index contributed by atoms with van der Waals surface area (Å²) in [5, 5.41) is 1.15. The second-order valence-corrected chi connectivity index (χ2v) is 4.97. The first-order chi connectivity index (χ1) is 10.1. The first kappa shape index (κ1) is 13.8. The van der Waals surface area contributed by atoms with Gasteiger partial charge in [-0.25, -0.2) is 9.97 Å². The van der Waals surface area contributed by atoms with Crippen molar-refractivity contribution in [2.24, 2.45) is 0 Å². The highest BCUT2D eigenvalue weighted by molar-refractivity contribution is 6.28. The number of pyridine rings is 1. The van der Waals surface area contributed by atoms with Gasteiger partial charge in [0.2, 0.25) is 5.28 Å². The van der Waals surface area contributed by atoms with Gasteiger partial charge in [-0.3, -0.25) is 4.57 Å².